The second-order valence-electron chi connectivity index (χ2n) is 4.73. The number of halogens is 1. The van der Waals surface area contributed by atoms with Crippen molar-refractivity contribution in [2.75, 3.05) is 13.1 Å². The Morgan fingerprint density at radius 3 is 2.83 bits per heavy atom. The molecule has 0 radical (unpaired) electrons. The van der Waals surface area contributed by atoms with Crippen molar-refractivity contribution >= 4 is 5.84 Å². The number of hydrogen-bond donors (Lipinski definition) is 2. The molecule has 1 heterocycles. The summed E-state index contributed by atoms with van der Waals surface area (Å²) in [5, 5.41) is 11.8. The Hall–Kier alpha value is -1.62. The second-order valence-corrected chi connectivity index (χ2v) is 4.73. The van der Waals surface area contributed by atoms with Gasteiger partial charge in [-0.15, -0.1) is 0 Å². The Morgan fingerprint density at radius 1 is 1.44 bits per heavy atom. The van der Waals surface area contributed by atoms with Crippen LogP contribution in [-0.4, -0.2) is 29.0 Å². The minimum Gasteiger partial charge on any atom is -0.409 e. The van der Waals surface area contributed by atoms with E-state index in [0.29, 0.717) is 5.84 Å². The molecule has 98 valence electrons. The van der Waals surface area contributed by atoms with E-state index >= 15 is 0 Å². The zero-order valence-electron chi connectivity index (χ0n) is 10.2. The van der Waals surface area contributed by atoms with Crippen molar-refractivity contribution in [2.24, 2.45) is 16.8 Å². The van der Waals surface area contributed by atoms with Crippen molar-refractivity contribution in [1.29, 1.82) is 0 Å². The molecule has 0 amide bonds. The lowest BCUT2D eigenvalue weighted by atomic mass is 9.96. The van der Waals surface area contributed by atoms with Gasteiger partial charge in [-0.05, 0) is 37.1 Å². The van der Waals surface area contributed by atoms with Crippen LogP contribution in [0.15, 0.2) is 29.4 Å². The van der Waals surface area contributed by atoms with Gasteiger partial charge in [-0.25, -0.2) is 4.39 Å². The molecular weight excluding hydrogens is 233 g/mol. The van der Waals surface area contributed by atoms with Gasteiger partial charge in [0.1, 0.15) is 11.7 Å². The molecule has 0 bridgehead atoms. The molecular formula is C13H18FN3O. The fraction of sp³-hybridized carbons (Fsp3) is 0.462. The summed E-state index contributed by atoms with van der Waals surface area (Å²) in [5.74, 6) is 0.204. The van der Waals surface area contributed by atoms with Crippen LogP contribution in [0.3, 0.4) is 0 Å². The van der Waals surface area contributed by atoms with Gasteiger partial charge >= 0.3 is 0 Å². The van der Waals surface area contributed by atoms with E-state index in [0.717, 1.165) is 38.0 Å². The molecule has 18 heavy (non-hydrogen) atoms. The molecule has 1 aromatic carbocycles. The molecule has 1 unspecified atom stereocenters. The summed E-state index contributed by atoms with van der Waals surface area (Å²) in [6, 6.07) is 6.53. The molecule has 0 saturated carbocycles. The van der Waals surface area contributed by atoms with Gasteiger partial charge in [0.25, 0.3) is 0 Å². The molecule has 1 saturated heterocycles. The first-order valence-corrected chi connectivity index (χ1v) is 6.13. The summed E-state index contributed by atoms with van der Waals surface area (Å²) in [6.07, 6.45) is 1.98. The van der Waals surface area contributed by atoms with Crippen molar-refractivity contribution in [2.45, 2.75) is 19.4 Å². The minimum absolute atomic E-state index is 0.115. The Balaban J connectivity index is 1.95. The maximum atomic E-state index is 12.8. The van der Waals surface area contributed by atoms with Crippen LogP contribution < -0.4 is 5.73 Å². The van der Waals surface area contributed by atoms with Gasteiger partial charge in [0.15, 0.2) is 0 Å². The van der Waals surface area contributed by atoms with Gasteiger partial charge in [0, 0.05) is 19.0 Å². The molecule has 3 N–H and O–H groups in total. The molecule has 0 aromatic heterocycles. The van der Waals surface area contributed by atoms with Crippen LogP contribution in [-0.2, 0) is 6.54 Å². The standard InChI is InChI=1S/C13H18FN3O/c14-12-5-3-10(4-6-12)8-17-7-1-2-11(9-17)13(15)16-18/h3-6,11,18H,1-2,7-9H2,(H2,15,16). The summed E-state index contributed by atoms with van der Waals surface area (Å²) in [4.78, 5) is 2.25. The summed E-state index contributed by atoms with van der Waals surface area (Å²) >= 11 is 0. The van der Waals surface area contributed by atoms with Crippen LogP contribution >= 0.6 is 0 Å². The summed E-state index contributed by atoms with van der Waals surface area (Å²) in [7, 11) is 0. The van der Waals surface area contributed by atoms with Gasteiger partial charge in [-0.2, -0.15) is 0 Å². The lowest BCUT2D eigenvalue weighted by Gasteiger charge is -2.31. The third-order valence-corrected chi connectivity index (χ3v) is 3.36. The van der Waals surface area contributed by atoms with E-state index in [4.69, 9.17) is 10.9 Å². The van der Waals surface area contributed by atoms with E-state index in [1.807, 2.05) is 0 Å². The van der Waals surface area contributed by atoms with E-state index in [2.05, 4.69) is 10.1 Å². The SMILES string of the molecule is NC(=NO)C1CCCN(Cc2ccc(F)cc2)C1. The normalized spacial score (nSPS) is 22.1. The number of rotatable bonds is 3. The number of likely N-dealkylation sites (tertiary alicyclic amines) is 1. The van der Waals surface area contributed by atoms with Gasteiger partial charge in [0.2, 0.25) is 0 Å². The Bertz CT molecular complexity index is 419. The van der Waals surface area contributed by atoms with Gasteiger partial charge in [-0.3, -0.25) is 4.90 Å². The molecule has 1 aliphatic heterocycles. The first kappa shape index (κ1) is 12.8. The van der Waals surface area contributed by atoms with Crippen molar-refractivity contribution in [1.82, 2.24) is 4.90 Å². The highest BCUT2D eigenvalue weighted by molar-refractivity contribution is 5.82. The predicted molar refractivity (Wildman–Crippen MR) is 67.8 cm³/mol. The van der Waals surface area contributed by atoms with Crippen LogP contribution in [0.1, 0.15) is 18.4 Å². The molecule has 1 atom stereocenters. The quantitative estimate of drug-likeness (QED) is 0.372. The Morgan fingerprint density at radius 2 is 2.17 bits per heavy atom. The Kier molecular flexibility index (Phi) is 4.15. The third-order valence-electron chi connectivity index (χ3n) is 3.36. The highest BCUT2D eigenvalue weighted by Gasteiger charge is 2.23. The first-order chi connectivity index (χ1) is 8.69. The zero-order chi connectivity index (χ0) is 13.0. The predicted octanol–water partition coefficient (Wildman–Crippen LogP) is 1.78. The number of amidine groups is 1. The number of piperidine rings is 1. The third kappa shape index (κ3) is 3.20. The maximum Gasteiger partial charge on any atom is 0.143 e. The van der Waals surface area contributed by atoms with Crippen LogP contribution in [0.2, 0.25) is 0 Å². The molecule has 4 nitrogen and oxygen atoms in total. The molecule has 1 fully saturated rings. The summed E-state index contributed by atoms with van der Waals surface area (Å²) in [5.41, 5.74) is 6.73. The monoisotopic (exact) mass is 251 g/mol. The van der Waals surface area contributed by atoms with Crippen LogP contribution in [0.25, 0.3) is 0 Å². The molecule has 5 heteroatoms. The minimum atomic E-state index is -0.216. The van der Waals surface area contributed by atoms with Gasteiger partial charge in [-0.1, -0.05) is 17.3 Å². The molecule has 1 aromatic rings. The van der Waals surface area contributed by atoms with E-state index < -0.39 is 0 Å². The fourth-order valence-electron chi connectivity index (χ4n) is 2.37. The van der Waals surface area contributed by atoms with E-state index in [9.17, 15) is 4.39 Å². The van der Waals surface area contributed by atoms with Crippen LogP contribution in [0.4, 0.5) is 4.39 Å². The Labute approximate surface area is 106 Å². The van der Waals surface area contributed by atoms with Crippen LogP contribution in [0, 0.1) is 11.7 Å². The van der Waals surface area contributed by atoms with Crippen LogP contribution in [0.5, 0.6) is 0 Å². The number of oxime groups is 1. The average molecular weight is 251 g/mol. The lowest BCUT2D eigenvalue weighted by molar-refractivity contribution is 0.193. The number of benzene rings is 1. The van der Waals surface area contributed by atoms with Crippen molar-refractivity contribution in [3.8, 4) is 0 Å². The van der Waals surface area contributed by atoms with Crippen molar-refractivity contribution in [3.63, 3.8) is 0 Å². The zero-order valence-corrected chi connectivity index (χ0v) is 10.2. The molecule has 2 rings (SSSR count). The van der Waals surface area contributed by atoms with E-state index in [1.165, 1.54) is 12.1 Å². The number of hydrogen-bond acceptors (Lipinski definition) is 3. The summed E-state index contributed by atoms with van der Waals surface area (Å²) in [6.45, 7) is 2.55. The molecule has 0 aliphatic carbocycles. The van der Waals surface area contributed by atoms with E-state index in [1.54, 1.807) is 12.1 Å². The van der Waals surface area contributed by atoms with E-state index in [-0.39, 0.29) is 11.7 Å². The van der Waals surface area contributed by atoms with Gasteiger partial charge < -0.3 is 10.9 Å². The maximum absolute atomic E-state index is 12.8. The summed E-state index contributed by atoms with van der Waals surface area (Å²) < 4.78 is 12.8. The number of nitrogens with zero attached hydrogens (tertiary/aromatic N) is 2. The highest BCUT2D eigenvalue weighted by Crippen LogP contribution is 2.18. The van der Waals surface area contributed by atoms with Crippen molar-refractivity contribution < 1.29 is 9.60 Å². The highest BCUT2D eigenvalue weighted by atomic mass is 19.1. The van der Waals surface area contributed by atoms with Gasteiger partial charge in [0.05, 0.1) is 0 Å². The smallest absolute Gasteiger partial charge is 0.143 e. The largest absolute Gasteiger partial charge is 0.409 e. The number of nitrogens with two attached hydrogens (primary N) is 1. The fourth-order valence-corrected chi connectivity index (χ4v) is 2.37. The second kappa shape index (κ2) is 5.82. The lowest BCUT2D eigenvalue weighted by Crippen LogP contribution is -2.40. The molecule has 1 aliphatic rings. The first-order valence-electron chi connectivity index (χ1n) is 6.13. The topological polar surface area (TPSA) is 61.9 Å². The van der Waals surface area contributed by atoms with Crippen molar-refractivity contribution in [3.05, 3.63) is 35.6 Å². The average Bonchev–Trinajstić information content (AvgIpc) is 2.41. The molecule has 0 spiro atoms.